The molecule has 10 aromatic carbocycles. The second kappa shape index (κ2) is 13.7. The van der Waals surface area contributed by atoms with Gasteiger partial charge in [-0.2, -0.15) is 0 Å². The van der Waals surface area contributed by atoms with E-state index in [0.717, 1.165) is 39.1 Å². The maximum absolute atomic E-state index is 5.41. The van der Waals surface area contributed by atoms with Crippen molar-refractivity contribution in [2.75, 3.05) is 0 Å². The van der Waals surface area contributed by atoms with Crippen LogP contribution in [0.25, 0.3) is 110 Å². The summed E-state index contributed by atoms with van der Waals surface area (Å²) in [6.45, 7) is 4.71. The molecule has 0 unspecified atom stereocenters. The van der Waals surface area contributed by atoms with E-state index in [-0.39, 0.29) is 5.41 Å². The average molecular weight is 777 g/mol. The van der Waals surface area contributed by atoms with Gasteiger partial charge < -0.3 is 0 Å². The lowest BCUT2D eigenvalue weighted by Gasteiger charge is -2.22. The van der Waals surface area contributed by atoms with E-state index in [0.29, 0.717) is 0 Å². The van der Waals surface area contributed by atoms with Crippen molar-refractivity contribution in [3.63, 3.8) is 0 Å². The summed E-state index contributed by atoms with van der Waals surface area (Å²) < 4.78 is 0. The van der Waals surface area contributed by atoms with Crippen molar-refractivity contribution in [2.45, 2.75) is 19.3 Å². The zero-order valence-electron chi connectivity index (χ0n) is 34.0. The van der Waals surface area contributed by atoms with Crippen molar-refractivity contribution in [1.29, 1.82) is 0 Å². The smallest absolute Gasteiger partial charge is 0.0973 e. The van der Waals surface area contributed by atoms with Crippen LogP contribution in [0.4, 0.5) is 0 Å². The second-order valence-electron chi connectivity index (χ2n) is 16.9. The molecule has 1 aliphatic rings. The number of nitrogens with zero attached hydrogens (tertiary/aromatic N) is 2. The lowest BCUT2D eigenvalue weighted by atomic mass is 9.81. The van der Waals surface area contributed by atoms with E-state index < -0.39 is 0 Å². The van der Waals surface area contributed by atoms with E-state index in [9.17, 15) is 0 Å². The maximum atomic E-state index is 5.41. The van der Waals surface area contributed by atoms with Crippen molar-refractivity contribution in [3.8, 4) is 67.0 Å². The third-order valence-electron chi connectivity index (χ3n) is 13.0. The normalized spacial score (nSPS) is 12.9. The van der Waals surface area contributed by atoms with E-state index in [2.05, 4.69) is 208 Å². The molecule has 12 rings (SSSR count). The minimum Gasteiger partial charge on any atom is -0.244 e. The molecule has 0 spiro atoms. The second-order valence-corrected chi connectivity index (χ2v) is 16.9. The Hall–Kier alpha value is -7.68. The first-order valence-corrected chi connectivity index (χ1v) is 21.1. The van der Waals surface area contributed by atoms with Gasteiger partial charge in [0.05, 0.1) is 22.4 Å². The van der Waals surface area contributed by atoms with Gasteiger partial charge in [-0.15, -0.1) is 0 Å². The van der Waals surface area contributed by atoms with Crippen LogP contribution in [0.3, 0.4) is 0 Å². The largest absolute Gasteiger partial charge is 0.244 e. The average Bonchev–Trinajstić information content (AvgIpc) is 3.55. The van der Waals surface area contributed by atoms with Gasteiger partial charge in [0.1, 0.15) is 0 Å². The van der Waals surface area contributed by atoms with Gasteiger partial charge >= 0.3 is 0 Å². The minimum atomic E-state index is -0.0666. The first kappa shape index (κ1) is 35.3. The zero-order chi connectivity index (χ0) is 40.7. The summed E-state index contributed by atoms with van der Waals surface area (Å²) in [6, 6.07) is 75.0. The molecule has 1 heterocycles. The SMILES string of the molecule is CC1(C)c2ccccc2-c2cc(-c3c4ccccc4c(-c4ccc5nc(-c6ccccc6)c(-c6ccccc6)nc5c4)c4ccc(-c5ccc6ccccc6c5)cc34)ccc21. The fourth-order valence-corrected chi connectivity index (χ4v) is 10.0. The first-order chi connectivity index (χ1) is 30.0. The molecule has 1 aromatic heterocycles. The third-order valence-corrected chi connectivity index (χ3v) is 13.0. The highest BCUT2D eigenvalue weighted by molar-refractivity contribution is 6.22. The number of fused-ring (bicyclic) bond motifs is 7. The molecule has 1 aliphatic carbocycles. The number of rotatable bonds is 5. The number of benzene rings is 10. The molecule has 0 atom stereocenters. The topological polar surface area (TPSA) is 25.8 Å². The van der Waals surface area contributed by atoms with E-state index in [4.69, 9.17) is 9.97 Å². The highest BCUT2D eigenvalue weighted by Crippen LogP contribution is 2.51. The lowest BCUT2D eigenvalue weighted by molar-refractivity contribution is 0.660. The number of aromatic nitrogens is 2. The molecule has 0 amide bonds. The molecule has 2 nitrogen and oxygen atoms in total. The Bertz CT molecular complexity index is 3550. The van der Waals surface area contributed by atoms with Crippen LogP contribution >= 0.6 is 0 Å². The standard InChI is InChI=1S/C59H40N2/c1-59(2)51-24-14-13-21-45(51)49-35-43(28-31-52(49)59)56-47-23-12-11-22-46(47)55(48-30-27-42(34-50(48)56)41-26-25-37-15-9-10-20-40(37)33-41)44-29-32-53-54(36-44)61-58(39-18-7-4-8-19-39)57(60-53)38-16-5-3-6-17-38/h3-36H,1-2H3. The van der Waals surface area contributed by atoms with Crippen LogP contribution in [0, 0.1) is 0 Å². The van der Waals surface area contributed by atoms with Gasteiger partial charge in [0, 0.05) is 16.5 Å². The van der Waals surface area contributed by atoms with Crippen LogP contribution in [0.5, 0.6) is 0 Å². The van der Waals surface area contributed by atoms with E-state index in [1.807, 2.05) is 12.1 Å². The summed E-state index contributed by atoms with van der Waals surface area (Å²) in [5.74, 6) is 0. The molecular formula is C59H40N2. The monoisotopic (exact) mass is 776 g/mol. The molecule has 0 aliphatic heterocycles. The van der Waals surface area contributed by atoms with Gasteiger partial charge in [-0.1, -0.05) is 190 Å². The molecule has 286 valence electrons. The Kier molecular flexibility index (Phi) is 7.92. The lowest BCUT2D eigenvalue weighted by Crippen LogP contribution is -2.14. The highest BCUT2D eigenvalue weighted by atomic mass is 14.8. The van der Waals surface area contributed by atoms with Gasteiger partial charge in [0.25, 0.3) is 0 Å². The fraction of sp³-hybridized carbons (Fsp3) is 0.0508. The van der Waals surface area contributed by atoms with Crippen LogP contribution in [-0.2, 0) is 5.41 Å². The molecule has 2 heteroatoms. The first-order valence-electron chi connectivity index (χ1n) is 21.1. The molecule has 0 radical (unpaired) electrons. The van der Waals surface area contributed by atoms with E-state index in [1.165, 1.54) is 82.4 Å². The van der Waals surface area contributed by atoms with Crippen LogP contribution in [-0.4, -0.2) is 9.97 Å². The molecule has 11 aromatic rings. The Labute approximate surface area is 355 Å². The molecule has 0 saturated carbocycles. The Morgan fingerprint density at radius 3 is 1.59 bits per heavy atom. The summed E-state index contributed by atoms with van der Waals surface area (Å²) in [7, 11) is 0. The van der Waals surface area contributed by atoms with Crippen molar-refractivity contribution < 1.29 is 0 Å². The van der Waals surface area contributed by atoms with Gasteiger partial charge in [0.2, 0.25) is 0 Å². The number of hydrogen-bond donors (Lipinski definition) is 0. The van der Waals surface area contributed by atoms with Gasteiger partial charge in [-0.25, -0.2) is 9.97 Å². The highest BCUT2D eigenvalue weighted by Gasteiger charge is 2.35. The number of hydrogen-bond acceptors (Lipinski definition) is 2. The summed E-state index contributed by atoms with van der Waals surface area (Å²) in [4.78, 5) is 10.7. The van der Waals surface area contributed by atoms with Crippen LogP contribution in [0.1, 0.15) is 25.0 Å². The van der Waals surface area contributed by atoms with Crippen LogP contribution in [0.15, 0.2) is 206 Å². The summed E-state index contributed by atoms with van der Waals surface area (Å²) in [5, 5.41) is 7.34. The van der Waals surface area contributed by atoms with Gasteiger partial charge in [-0.05, 0) is 118 Å². The molecule has 0 N–H and O–H groups in total. The predicted molar refractivity (Wildman–Crippen MR) is 257 cm³/mol. The summed E-state index contributed by atoms with van der Waals surface area (Å²) in [6.07, 6.45) is 0. The quantitative estimate of drug-likeness (QED) is 0.163. The summed E-state index contributed by atoms with van der Waals surface area (Å²) in [5.41, 5.74) is 18.1. The van der Waals surface area contributed by atoms with Crippen molar-refractivity contribution in [1.82, 2.24) is 9.97 Å². The molecule has 0 bridgehead atoms. The predicted octanol–water partition coefficient (Wildman–Crippen LogP) is 15.7. The van der Waals surface area contributed by atoms with Crippen molar-refractivity contribution in [2.24, 2.45) is 0 Å². The van der Waals surface area contributed by atoms with Crippen molar-refractivity contribution >= 4 is 43.4 Å². The van der Waals surface area contributed by atoms with E-state index >= 15 is 0 Å². The minimum absolute atomic E-state index is 0.0666. The van der Waals surface area contributed by atoms with Gasteiger partial charge in [0.15, 0.2) is 0 Å². The molecule has 0 fully saturated rings. The Morgan fingerprint density at radius 2 is 0.836 bits per heavy atom. The maximum Gasteiger partial charge on any atom is 0.0973 e. The third kappa shape index (κ3) is 5.64. The van der Waals surface area contributed by atoms with Gasteiger partial charge in [-0.3, -0.25) is 0 Å². The zero-order valence-corrected chi connectivity index (χ0v) is 34.0. The van der Waals surface area contributed by atoms with E-state index in [1.54, 1.807) is 0 Å². The fourth-order valence-electron chi connectivity index (χ4n) is 10.0. The van der Waals surface area contributed by atoms with Crippen molar-refractivity contribution in [3.05, 3.63) is 217 Å². The van der Waals surface area contributed by atoms with Crippen LogP contribution < -0.4 is 0 Å². The Morgan fingerprint density at radius 1 is 0.311 bits per heavy atom. The molecule has 61 heavy (non-hydrogen) atoms. The molecular weight excluding hydrogens is 737 g/mol. The Balaban J connectivity index is 1.13. The summed E-state index contributed by atoms with van der Waals surface area (Å²) >= 11 is 0. The molecule has 0 saturated heterocycles. The van der Waals surface area contributed by atoms with Crippen LogP contribution in [0.2, 0.25) is 0 Å².